The number of carbonyl (C=O) groups is 1. The van der Waals surface area contributed by atoms with Crippen molar-refractivity contribution in [3.63, 3.8) is 0 Å². The highest BCUT2D eigenvalue weighted by Gasteiger charge is 2.48. The summed E-state index contributed by atoms with van der Waals surface area (Å²) in [6.07, 6.45) is 2.62. The highest BCUT2D eigenvalue weighted by molar-refractivity contribution is 7.92. The molecule has 2 N–H and O–H groups in total. The number of hydrogen-bond acceptors (Lipinski definition) is 6. The number of carbonyl (C=O) groups excluding carboxylic acids is 1. The fourth-order valence-electron chi connectivity index (χ4n) is 3.26. The van der Waals surface area contributed by atoms with Crippen LogP contribution in [0, 0.1) is 0 Å². The van der Waals surface area contributed by atoms with Crippen molar-refractivity contribution in [2.45, 2.75) is 30.1 Å². The highest BCUT2D eigenvalue weighted by Crippen LogP contribution is 2.30. The Balaban J connectivity index is 1.69. The highest BCUT2D eigenvalue weighted by atomic mass is 32.2. The third kappa shape index (κ3) is 3.96. The molecule has 2 aliphatic rings. The summed E-state index contributed by atoms with van der Waals surface area (Å²) < 4.78 is 34.2. The van der Waals surface area contributed by atoms with Crippen molar-refractivity contribution in [2.24, 2.45) is 0 Å². The molecule has 138 valence electrons. The van der Waals surface area contributed by atoms with Crippen LogP contribution < -0.4 is 15.4 Å². The summed E-state index contributed by atoms with van der Waals surface area (Å²) in [5, 5.41) is 5.85. The molecule has 1 unspecified atom stereocenters. The molecule has 1 aromatic carbocycles. The molecular formula is C17H24N2O5S. The van der Waals surface area contributed by atoms with Gasteiger partial charge in [0.25, 0.3) is 0 Å². The molecule has 1 amide bonds. The summed E-state index contributed by atoms with van der Waals surface area (Å²) in [7, 11) is -3.52. The lowest BCUT2D eigenvalue weighted by Crippen LogP contribution is -2.55. The zero-order valence-corrected chi connectivity index (χ0v) is 15.1. The van der Waals surface area contributed by atoms with E-state index in [1.807, 2.05) is 0 Å². The number of rotatable bonds is 5. The van der Waals surface area contributed by atoms with Crippen LogP contribution in [0.3, 0.4) is 0 Å². The first kappa shape index (κ1) is 18.2. The summed E-state index contributed by atoms with van der Waals surface area (Å²) in [5.74, 6) is 0.238. The zero-order valence-electron chi connectivity index (χ0n) is 14.3. The monoisotopic (exact) mass is 368 g/mol. The molecular weight excluding hydrogens is 344 g/mol. The van der Waals surface area contributed by atoms with Gasteiger partial charge in [0.1, 0.15) is 11.9 Å². The van der Waals surface area contributed by atoms with Gasteiger partial charge in [-0.15, -0.1) is 0 Å². The second-order valence-electron chi connectivity index (χ2n) is 6.60. The summed E-state index contributed by atoms with van der Waals surface area (Å²) in [6, 6.07) is 6.98. The fourth-order valence-corrected chi connectivity index (χ4v) is 4.59. The molecule has 1 aromatic rings. The molecule has 25 heavy (non-hydrogen) atoms. The quantitative estimate of drug-likeness (QED) is 0.804. The first-order chi connectivity index (χ1) is 11.9. The van der Waals surface area contributed by atoms with E-state index in [1.54, 1.807) is 24.3 Å². The van der Waals surface area contributed by atoms with Crippen molar-refractivity contribution in [2.75, 3.05) is 37.9 Å². The zero-order chi connectivity index (χ0) is 17.9. The van der Waals surface area contributed by atoms with E-state index in [4.69, 9.17) is 9.47 Å². The largest absolute Gasteiger partial charge is 0.488 e. The molecule has 7 nitrogen and oxygen atoms in total. The van der Waals surface area contributed by atoms with Gasteiger partial charge in [0.15, 0.2) is 14.6 Å². The van der Waals surface area contributed by atoms with E-state index < -0.39 is 20.5 Å². The van der Waals surface area contributed by atoms with Crippen LogP contribution in [0.25, 0.3) is 0 Å². The maximum absolute atomic E-state index is 12.7. The Bertz CT molecular complexity index is 705. The van der Waals surface area contributed by atoms with E-state index >= 15 is 0 Å². The van der Waals surface area contributed by atoms with E-state index in [2.05, 4.69) is 10.6 Å². The number of piperidine rings is 1. The molecule has 2 aliphatic heterocycles. The average Bonchev–Trinajstić information content (AvgIpc) is 3.09. The Morgan fingerprint density at radius 3 is 2.52 bits per heavy atom. The van der Waals surface area contributed by atoms with Crippen LogP contribution in [0.1, 0.15) is 19.3 Å². The molecule has 0 aromatic heterocycles. The van der Waals surface area contributed by atoms with Crippen molar-refractivity contribution >= 4 is 21.4 Å². The molecule has 0 bridgehead atoms. The van der Waals surface area contributed by atoms with Crippen LogP contribution in [-0.4, -0.2) is 57.7 Å². The molecule has 1 atom stereocenters. The van der Waals surface area contributed by atoms with E-state index in [-0.39, 0.29) is 18.9 Å². The fraction of sp³-hybridized carbons (Fsp3) is 0.588. The van der Waals surface area contributed by atoms with Gasteiger partial charge in [-0.05, 0) is 50.2 Å². The van der Waals surface area contributed by atoms with Gasteiger partial charge in [-0.1, -0.05) is 0 Å². The Kier molecular flexibility index (Phi) is 5.31. The smallest absolute Gasteiger partial charge is 0.245 e. The van der Waals surface area contributed by atoms with Crippen LogP contribution in [0.5, 0.6) is 5.75 Å². The van der Waals surface area contributed by atoms with E-state index in [0.717, 1.165) is 12.7 Å². The summed E-state index contributed by atoms with van der Waals surface area (Å²) in [6.45, 7) is 2.32. The second-order valence-corrected chi connectivity index (χ2v) is 8.92. The SMILES string of the molecule is CS(=O)(=O)C1(C(=O)Nc2ccc(OC3CCOC3)cc2)CCNCC1. The van der Waals surface area contributed by atoms with E-state index in [0.29, 0.717) is 37.7 Å². The summed E-state index contributed by atoms with van der Waals surface area (Å²) in [4.78, 5) is 12.7. The van der Waals surface area contributed by atoms with Gasteiger partial charge in [0.2, 0.25) is 5.91 Å². The minimum atomic E-state index is -3.52. The van der Waals surface area contributed by atoms with Gasteiger partial charge < -0.3 is 20.1 Å². The third-order valence-corrected chi connectivity index (χ3v) is 6.85. The predicted octanol–water partition coefficient (Wildman–Crippen LogP) is 0.960. The Hall–Kier alpha value is -1.64. The predicted molar refractivity (Wildman–Crippen MR) is 94.6 cm³/mol. The molecule has 8 heteroatoms. The molecule has 2 heterocycles. The molecule has 0 saturated carbocycles. The molecule has 0 radical (unpaired) electrons. The number of amides is 1. The van der Waals surface area contributed by atoms with Crippen molar-refractivity contribution in [3.05, 3.63) is 24.3 Å². The standard InChI is InChI=1S/C17H24N2O5S/c1-25(21,22)17(7-9-18-10-8-17)16(20)19-13-2-4-14(5-3-13)24-15-6-11-23-12-15/h2-5,15,18H,6-12H2,1H3,(H,19,20). The van der Waals surface area contributed by atoms with Crippen LogP contribution in [0.2, 0.25) is 0 Å². The van der Waals surface area contributed by atoms with Crippen molar-refractivity contribution < 1.29 is 22.7 Å². The van der Waals surface area contributed by atoms with Crippen molar-refractivity contribution in [1.82, 2.24) is 5.32 Å². The van der Waals surface area contributed by atoms with Crippen LogP contribution in [-0.2, 0) is 19.4 Å². The minimum absolute atomic E-state index is 0.0590. The van der Waals surface area contributed by atoms with Crippen molar-refractivity contribution in [3.8, 4) is 5.75 Å². The minimum Gasteiger partial charge on any atom is -0.488 e. The lowest BCUT2D eigenvalue weighted by Gasteiger charge is -2.34. The van der Waals surface area contributed by atoms with Gasteiger partial charge in [0.05, 0.1) is 13.2 Å². The number of hydrogen-bond donors (Lipinski definition) is 2. The Morgan fingerprint density at radius 2 is 1.96 bits per heavy atom. The van der Waals surface area contributed by atoms with Crippen LogP contribution in [0.15, 0.2) is 24.3 Å². The van der Waals surface area contributed by atoms with Crippen LogP contribution in [0.4, 0.5) is 5.69 Å². The third-order valence-electron chi connectivity index (χ3n) is 4.84. The Labute approximate surface area is 148 Å². The molecule has 0 spiro atoms. The van der Waals surface area contributed by atoms with Gasteiger partial charge in [-0.3, -0.25) is 4.79 Å². The summed E-state index contributed by atoms with van der Waals surface area (Å²) in [5.41, 5.74) is 0.557. The number of ether oxygens (including phenoxy) is 2. The second kappa shape index (κ2) is 7.31. The van der Waals surface area contributed by atoms with E-state index in [9.17, 15) is 13.2 Å². The van der Waals surface area contributed by atoms with E-state index in [1.165, 1.54) is 0 Å². The maximum atomic E-state index is 12.7. The first-order valence-corrected chi connectivity index (χ1v) is 10.4. The molecule has 2 saturated heterocycles. The average molecular weight is 368 g/mol. The number of anilines is 1. The number of benzene rings is 1. The topological polar surface area (TPSA) is 93.7 Å². The van der Waals surface area contributed by atoms with Gasteiger partial charge in [-0.25, -0.2) is 8.42 Å². The number of sulfone groups is 1. The van der Waals surface area contributed by atoms with Crippen LogP contribution >= 0.6 is 0 Å². The molecule has 3 rings (SSSR count). The van der Waals surface area contributed by atoms with Gasteiger partial charge in [-0.2, -0.15) is 0 Å². The molecule has 2 fully saturated rings. The normalized spacial score (nSPS) is 23.2. The van der Waals surface area contributed by atoms with Gasteiger partial charge >= 0.3 is 0 Å². The van der Waals surface area contributed by atoms with Gasteiger partial charge in [0, 0.05) is 18.4 Å². The lowest BCUT2D eigenvalue weighted by molar-refractivity contribution is -0.119. The Morgan fingerprint density at radius 1 is 1.28 bits per heavy atom. The first-order valence-electron chi connectivity index (χ1n) is 8.47. The number of nitrogens with one attached hydrogen (secondary N) is 2. The summed E-state index contributed by atoms with van der Waals surface area (Å²) >= 11 is 0. The molecule has 0 aliphatic carbocycles. The maximum Gasteiger partial charge on any atom is 0.245 e. The van der Waals surface area contributed by atoms with Crippen molar-refractivity contribution in [1.29, 1.82) is 0 Å². The lowest BCUT2D eigenvalue weighted by atomic mass is 9.95.